The van der Waals surface area contributed by atoms with Crippen molar-refractivity contribution < 1.29 is 9.90 Å². The summed E-state index contributed by atoms with van der Waals surface area (Å²) in [6.45, 7) is 4.10. The molecule has 1 amide bonds. The molecule has 2 aliphatic heterocycles. The number of hydrogen-bond acceptors (Lipinski definition) is 4. The third kappa shape index (κ3) is 4.42. The Kier molecular flexibility index (Phi) is 6.03. The lowest BCUT2D eigenvalue weighted by atomic mass is 9.97. The van der Waals surface area contributed by atoms with E-state index in [-0.39, 0.29) is 12.5 Å². The highest BCUT2D eigenvalue weighted by Gasteiger charge is 2.32. The molecule has 0 saturated carbocycles. The van der Waals surface area contributed by atoms with Crippen LogP contribution in [0.15, 0.2) is 48.8 Å². The fraction of sp³-hybridized carbons (Fsp3) is 0.478. The van der Waals surface area contributed by atoms with Crippen LogP contribution in [-0.4, -0.2) is 58.0 Å². The van der Waals surface area contributed by atoms with Crippen LogP contribution < -0.4 is 0 Å². The topological polar surface area (TPSA) is 56.7 Å². The van der Waals surface area contributed by atoms with Gasteiger partial charge in [-0.25, -0.2) is 0 Å². The molecule has 0 spiro atoms. The number of aromatic nitrogens is 1. The van der Waals surface area contributed by atoms with E-state index in [9.17, 15) is 9.90 Å². The number of piperidine rings is 1. The van der Waals surface area contributed by atoms with Gasteiger partial charge in [0.2, 0.25) is 0 Å². The fourth-order valence-electron chi connectivity index (χ4n) is 4.66. The molecule has 1 atom stereocenters. The fourth-order valence-corrected chi connectivity index (χ4v) is 4.66. The van der Waals surface area contributed by atoms with Gasteiger partial charge in [0.1, 0.15) is 0 Å². The van der Waals surface area contributed by atoms with Crippen LogP contribution in [0, 0.1) is 5.92 Å². The van der Waals surface area contributed by atoms with E-state index in [1.54, 1.807) is 24.5 Å². The number of aliphatic hydroxyl groups excluding tert-OH is 1. The number of amides is 1. The van der Waals surface area contributed by atoms with Crippen molar-refractivity contribution in [1.29, 1.82) is 0 Å². The van der Waals surface area contributed by atoms with Gasteiger partial charge in [-0.1, -0.05) is 24.3 Å². The molecule has 1 aromatic carbocycles. The SMILES string of the molecule is O=C(c1ccncc1)N1CCC(N2CC[C@@H](Cc3cccc(CO)c3)C2)CC1. The van der Waals surface area contributed by atoms with Crippen LogP contribution in [0.3, 0.4) is 0 Å². The molecule has 0 aliphatic carbocycles. The largest absolute Gasteiger partial charge is 0.392 e. The van der Waals surface area contributed by atoms with Gasteiger partial charge in [0.05, 0.1) is 6.61 Å². The average molecular weight is 380 g/mol. The van der Waals surface area contributed by atoms with Crippen LogP contribution in [0.1, 0.15) is 40.7 Å². The molecular weight excluding hydrogens is 350 g/mol. The number of aliphatic hydroxyl groups is 1. The Bertz CT molecular complexity index is 787. The van der Waals surface area contributed by atoms with Crippen LogP contribution in [0.4, 0.5) is 0 Å². The maximum Gasteiger partial charge on any atom is 0.253 e. The van der Waals surface area contributed by atoms with Crippen molar-refractivity contribution in [3.05, 3.63) is 65.5 Å². The minimum atomic E-state index is 0.113. The Morgan fingerprint density at radius 2 is 1.79 bits per heavy atom. The number of carbonyl (C=O) groups is 1. The maximum atomic E-state index is 12.6. The van der Waals surface area contributed by atoms with Gasteiger partial charge in [-0.05, 0) is 61.4 Å². The Labute approximate surface area is 167 Å². The lowest BCUT2D eigenvalue weighted by Gasteiger charge is -2.37. The zero-order chi connectivity index (χ0) is 19.3. The molecule has 1 aromatic heterocycles. The Hall–Kier alpha value is -2.24. The van der Waals surface area contributed by atoms with Crippen molar-refractivity contribution in [3.8, 4) is 0 Å². The molecule has 4 rings (SSSR count). The van der Waals surface area contributed by atoms with E-state index >= 15 is 0 Å². The van der Waals surface area contributed by atoms with Crippen molar-refractivity contribution in [2.24, 2.45) is 5.92 Å². The molecule has 5 nitrogen and oxygen atoms in total. The normalized spacial score (nSPS) is 21.2. The first-order valence-electron chi connectivity index (χ1n) is 10.3. The van der Waals surface area contributed by atoms with E-state index in [0.29, 0.717) is 12.0 Å². The highest BCUT2D eigenvalue weighted by molar-refractivity contribution is 5.94. The van der Waals surface area contributed by atoms with Crippen LogP contribution >= 0.6 is 0 Å². The van der Waals surface area contributed by atoms with Gasteiger partial charge >= 0.3 is 0 Å². The maximum absolute atomic E-state index is 12.6. The second kappa shape index (κ2) is 8.84. The number of carbonyl (C=O) groups excluding carboxylic acids is 1. The molecule has 0 radical (unpaired) electrons. The van der Waals surface area contributed by atoms with Gasteiger partial charge < -0.3 is 10.0 Å². The molecule has 5 heteroatoms. The number of hydrogen-bond donors (Lipinski definition) is 1. The minimum Gasteiger partial charge on any atom is -0.392 e. The monoisotopic (exact) mass is 379 g/mol. The Balaban J connectivity index is 1.27. The summed E-state index contributed by atoms with van der Waals surface area (Å²) in [5.74, 6) is 0.814. The molecule has 2 saturated heterocycles. The van der Waals surface area contributed by atoms with E-state index in [1.807, 2.05) is 17.0 Å². The zero-order valence-electron chi connectivity index (χ0n) is 16.3. The molecule has 3 heterocycles. The minimum absolute atomic E-state index is 0.113. The van der Waals surface area contributed by atoms with Gasteiger partial charge in [0.15, 0.2) is 0 Å². The summed E-state index contributed by atoms with van der Waals surface area (Å²) in [4.78, 5) is 21.2. The number of nitrogens with zero attached hydrogens (tertiary/aromatic N) is 3. The summed E-state index contributed by atoms with van der Waals surface area (Å²) in [5.41, 5.74) is 3.06. The van der Waals surface area contributed by atoms with Gasteiger partial charge in [0, 0.05) is 43.6 Å². The smallest absolute Gasteiger partial charge is 0.253 e. The first kappa shape index (κ1) is 19.1. The van der Waals surface area contributed by atoms with Crippen molar-refractivity contribution in [2.45, 2.75) is 38.3 Å². The quantitative estimate of drug-likeness (QED) is 0.868. The van der Waals surface area contributed by atoms with E-state index in [2.05, 4.69) is 22.0 Å². The third-order valence-corrected chi connectivity index (χ3v) is 6.21. The molecule has 2 fully saturated rings. The molecule has 1 N–H and O–H groups in total. The first-order chi connectivity index (χ1) is 13.7. The van der Waals surface area contributed by atoms with Gasteiger partial charge in [-0.2, -0.15) is 0 Å². The second-order valence-corrected chi connectivity index (χ2v) is 8.09. The summed E-state index contributed by atoms with van der Waals surface area (Å²) in [6, 6.07) is 12.5. The summed E-state index contributed by atoms with van der Waals surface area (Å²) in [5, 5.41) is 9.33. The summed E-state index contributed by atoms with van der Waals surface area (Å²) >= 11 is 0. The predicted octanol–water partition coefficient (Wildman–Crippen LogP) is 2.74. The van der Waals surface area contributed by atoms with E-state index in [4.69, 9.17) is 0 Å². The van der Waals surface area contributed by atoms with Gasteiger partial charge in [0.25, 0.3) is 5.91 Å². The second-order valence-electron chi connectivity index (χ2n) is 8.09. The lowest BCUT2D eigenvalue weighted by Crippen LogP contribution is -2.46. The zero-order valence-corrected chi connectivity index (χ0v) is 16.3. The number of pyridine rings is 1. The summed E-state index contributed by atoms with van der Waals surface area (Å²) in [6.07, 6.45) is 7.80. The Morgan fingerprint density at radius 3 is 2.54 bits per heavy atom. The predicted molar refractivity (Wildman–Crippen MR) is 109 cm³/mol. The van der Waals surface area contributed by atoms with Crippen molar-refractivity contribution >= 4 is 5.91 Å². The van der Waals surface area contributed by atoms with Crippen molar-refractivity contribution in [1.82, 2.24) is 14.8 Å². The molecule has 2 aromatic rings. The highest BCUT2D eigenvalue weighted by atomic mass is 16.3. The molecule has 0 bridgehead atoms. The molecule has 28 heavy (non-hydrogen) atoms. The number of benzene rings is 1. The summed E-state index contributed by atoms with van der Waals surface area (Å²) in [7, 11) is 0. The van der Waals surface area contributed by atoms with Crippen LogP contribution in [0.5, 0.6) is 0 Å². The molecular formula is C23H29N3O2. The molecule has 2 aliphatic rings. The van der Waals surface area contributed by atoms with Crippen molar-refractivity contribution in [3.63, 3.8) is 0 Å². The third-order valence-electron chi connectivity index (χ3n) is 6.21. The average Bonchev–Trinajstić information content (AvgIpc) is 3.22. The highest BCUT2D eigenvalue weighted by Crippen LogP contribution is 2.27. The standard InChI is InChI=1S/C23H29N3O2/c27-17-20-3-1-2-18(15-20)14-19-6-11-26(16-19)22-7-12-25(13-8-22)23(28)21-4-9-24-10-5-21/h1-5,9-10,15,19,22,27H,6-8,11-14,16-17H2/t19-/m0/s1. The van der Waals surface area contributed by atoms with E-state index < -0.39 is 0 Å². The van der Waals surface area contributed by atoms with Crippen LogP contribution in [-0.2, 0) is 13.0 Å². The van der Waals surface area contributed by atoms with Crippen LogP contribution in [0.25, 0.3) is 0 Å². The number of rotatable bonds is 5. The molecule has 0 unspecified atom stereocenters. The van der Waals surface area contributed by atoms with E-state index in [1.165, 1.54) is 12.0 Å². The molecule has 148 valence electrons. The van der Waals surface area contributed by atoms with Crippen molar-refractivity contribution in [2.75, 3.05) is 26.2 Å². The first-order valence-corrected chi connectivity index (χ1v) is 10.3. The lowest BCUT2D eigenvalue weighted by molar-refractivity contribution is 0.0641. The van der Waals surface area contributed by atoms with Gasteiger partial charge in [-0.15, -0.1) is 0 Å². The Morgan fingerprint density at radius 1 is 1.04 bits per heavy atom. The number of likely N-dealkylation sites (tertiary alicyclic amines) is 2. The van der Waals surface area contributed by atoms with Gasteiger partial charge in [-0.3, -0.25) is 14.7 Å². The van der Waals surface area contributed by atoms with Crippen LogP contribution in [0.2, 0.25) is 0 Å². The summed E-state index contributed by atoms with van der Waals surface area (Å²) < 4.78 is 0. The van der Waals surface area contributed by atoms with E-state index in [0.717, 1.165) is 56.6 Å².